The van der Waals surface area contributed by atoms with E-state index >= 15 is 0 Å². The van der Waals surface area contributed by atoms with E-state index in [0.717, 1.165) is 4.47 Å². The number of aromatic nitrogens is 1. The lowest BCUT2D eigenvalue weighted by Gasteiger charge is -1.89. The fraction of sp³-hybridized carbons (Fsp3) is 0.125. The van der Waals surface area contributed by atoms with Crippen LogP contribution in [0.3, 0.4) is 0 Å². The van der Waals surface area contributed by atoms with Crippen molar-refractivity contribution >= 4 is 49.0 Å². The van der Waals surface area contributed by atoms with Crippen molar-refractivity contribution in [2.75, 3.05) is 0 Å². The van der Waals surface area contributed by atoms with Crippen molar-refractivity contribution in [3.63, 3.8) is 0 Å². The van der Waals surface area contributed by atoms with Crippen LogP contribution in [-0.4, -0.2) is 4.98 Å². The van der Waals surface area contributed by atoms with Gasteiger partial charge in [-0.1, -0.05) is 0 Å². The fourth-order valence-electron chi connectivity index (χ4n) is 1.05. The summed E-state index contributed by atoms with van der Waals surface area (Å²) in [4.78, 5) is 5.26. The molecule has 2 rings (SSSR count). The quantitative estimate of drug-likeness (QED) is 0.713. The molecule has 0 aliphatic heterocycles. The molecule has 2 heterocycles. The van der Waals surface area contributed by atoms with Gasteiger partial charge in [0.05, 0.1) is 10.6 Å². The lowest BCUT2D eigenvalue weighted by molar-refractivity contribution is 1.36. The van der Waals surface area contributed by atoms with Crippen LogP contribution in [0.25, 0.3) is 10.1 Å². The van der Waals surface area contributed by atoms with Gasteiger partial charge in [0.1, 0.15) is 0 Å². The molecule has 1 nitrogen and oxygen atoms in total. The first-order valence-corrected chi connectivity index (χ1v) is 5.53. The number of rotatable bonds is 1. The van der Waals surface area contributed by atoms with Crippen molar-refractivity contribution in [1.82, 2.24) is 4.98 Å². The minimum atomic E-state index is 0.575. The van der Waals surface area contributed by atoms with E-state index < -0.39 is 0 Å². The highest BCUT2D eigenvalue weighted by Crippen LogP contribution is 2.30. The molecule has 2 aromatic heterocycles. The van der Waals surface area contributed by atoms with Gasteiger partial charge in [-0.05, 0) is 22.0 Å². The minimum Gasteiger partial charge on any atom is -0.262 e. The molecule has 0 aliphatic rings. The van der Waals surface area contributed by atoms with Gasteiger partial charge in [0.2, 0.25) is 0 Å². The van der Waals surface area contributed by atoms with Crippen LogP contribution in [0.5, 0.6) is 0 Å². The standard InChI is InChI=1S/C8H5BrClNS/c9-7-3-11-4-8-6(7)1-5(2-10)12-8/h1,3-4H,2H2. The molecule has 62 valence electrons. The largest absolute Gasteiger partial charge is 0.262 e. The van der Waals surface area contributed by atoms with E-state index in [-0.39, 0.29) is 0 Å². The normalized spacial score (nSPS) is 10.8. The fourth-order valence-corrected chi connectivity index (χ4v) is 2.77. The first-order valence-electron chi connectivity index (χ1n) is 3.39. The summed E-state index contributed by atoms with van der Waals surface area (Å²) >= 11 is 10.9. The SMILES string of the molecule is ClCc1cc2c(Br)cncc2s1. The van der Waals surface area contributed by atoms with Gasteiger partial charge in [-0.2, -0.15) is 0 Å². The number of alkyl halides is 1. The summed E-state index contributed by atoms with van der Waals surface area (Å²) in [5.41, 5.74) is 0. The molecule has 0 spiro atoms. The number of hydrogen-bond donors (Lipinski definition) is 0. The maximum Gasteiger partial charge on any atom is 0.0568 e. The second-order valence-corrected chi connectivity index (χ2v) is 4.67. The molecule has 0 radical (unpaired) electrons. The Morgan fingerprint density at radius 1 is 1.50 bits per heavy atom. The molecular formula is C8H5BrClNS. The Morgan fingerprint density at radius 2 is 2.33 bits per heavy atom. The smallest absolute Gasteiger partial charge is 0.0568 e. The zero-order valence-corrected chi connectivity index (χ0v) is 9.21. The van der Waals surface area contributed by atoms with E-state index in [9.17, 15) is 0 Å². The molecule has 0 N–H and O–H groups in total. The highest BCUT2D eigenvalue weighted by Gasteiger charge is 2.03. The van der Waals surface area contributed by atoms with Crippen LogP contribution in [0.15, 0.2) is 22.9 Å². The highest BCUT2D eigenvalue weighted by atomic mass is 79.9. The first-order chi connectivity index (χ1) is 5.81. The molecule has 0 saturated carbocycles. The summed E-state index contributed by atoms with van der Waals surface area (Å²) in [5.74, 6) is 0.575. The lowest BCUT2D eigenvalue weighted by Crippen LogP contribution is -1.69. The van der Waals surface area contributed by atoms with Crippen molar-refractivity contribution < 1.29 is 0 Å². The Kier molecular flexibility index (Phi) is 2.35. The molecule has 0 aliphatic carbocycles. The zero-order chi connectivity index (χ0) is 8.55. The number of hydrogen-bond acceptors (Lipinski definition) is 2. The molecule has 2 aromatic rings. The molecular weight excluding hydrogens is 258 g/mol. The second-order valence-electron chi connectivity index (χ2n) is 2.38. The summed E-state index contributed by atoms with van der Waals surface area (Å²) in [7, 11) is 0. The van der Waals surface area contributed by atoms with Crippen molar-refractivity contribution in [3.05, 3.63) is 27.8 Å². The van der Waals surface area contributed by atoms with Crippen molar-refractivity contribution in [2.45, 2.75) is 5.88 Å². The summed E-state index contributed by atoms with van der Waals surface area (Å²) in [6.45, 7) is 0. The van der Waals surface area contributed by atoms with Crippen LogP contribution in [-0.2, 0) is 5.88 Å². The molecule has 0 saturated heterocycles. The van der Waals surface area contributed by atoms with Crippen LogP contribution in [0.4, 0.5) is 0 Å². The summed E-state index contributed by atoms with van der Waals surface area (Å²) in [6, 6.07) is 2.10. The predicted molar refractivity (Wildman–Crippen MR) is 56.9 cm³/mol. The average Bonchev–Trinajstić information content (AvgIpc) is 2.49. The molecule has 4 heteroatoms. The summed E-state index contributed by atoms with van der Waals surface area (Å²) < 4.78 is 2.22. The van der Waals surface area contributed by atoms with E-state index in [4.69, 9.17) is 11.6 Å². The summed E-state index contributed by atoms with van der Waals surface area (Å²) in [5, 5.41) is 1.20. The van der Waals surface area contributed by atoms with Crippen molar-refractivity contribution in [1.29, 1.82) is 0 Å². The van der Waals surface area contributed by atoms with Gasteiger partial charge in [-0.15, -0.1) is 22.9 Å². The zero-order valence-electron chi connectivity index (χ0n) is 6.05. The predicted octanol–water partition coefficient (Wildman–Crippen LogP) is 3.80. The molecule has 0 atom stereocenters. The van der Waals surface area contributed by atoms with Crippen molar-refractivity contribution in [3.8, 4) is 0 Å². The van der Waals surface area contributed by atoms with Gasteiger partial charge in [0.15, 0.2) is 0 Å². The summed E-state index contributed by atoms with van der Waals surface area (Å²) in [6.07, 6.45) is 3.66. The third-order valence-electron chi connectivity index (χ3n) is 1.58. The van der Waals surface area contributed by atoms with Gasteiger partial charge in [-0.25, -0.2) is 0 Å². The highest BCUT2D eigenvalue weighted by molar-refractivity contribution is 9.10. The van der Waals surface area contributed by atoms with E-state index in [2.05, 4.69) is 27.0 Å². The van der Waals surface area contributed by atoms with E-state index in [1.807, 2.05) is 6.20 Å². The number of thiophene rings is 1. The van der Waals surface area contributed by atoms with E-state index in [1.54, 1.807) is 17.5 Å². The van der Waals surface area contributed by atoms with Gasteiger partial charge >= 0.3 is 0 Å². The average molecular weight is 263 g/mol. The number of halogens is 2. The Balaban J connectivity index is 2.74. The topological polar surface area (TPSA) is 12.9 Å². The third kappa shape index (κ3) is 1.37. The maximum absolute atomic E-state index is 5.73. The van der Waals surface area contributed by atoms with E-state index in [0.29, 0.717) is 5.88 Å². The number of fused-ring (bicyclic) bond motifs is 1. The van der Waals surface area contributed by atoms with Gasteiger partial charge in [0.25, 0.3) is 0 Å². The third-order valence-corrected chi connectivity index (χ3v) is 3.73. The Bertz CT molecular complexity index is 412. The van der Waals surface area contributed by atoms with Crippen LogP contribution >= 0.6 is 38.9 Å². The Hall–Kier alpha value is -0.120. The second kappa shape index (κ2) is 3.32. The van der Waals surface area contributed by atoms with Crippen LogP contribution < -0.4 is 0 Å². The molecule has 0 amide bonds. The van der Waals surface area contributed by atoms with Crippen molar-refractivity contribution in [2.24, 2.45) is 0 Å². The lowest BCUT2D eigenvalue weighted by atomic mass is 10.3. The maximum atomic E-state index is 5.73. The molecule has 0 fully saturated rings. The first kappa shape index (κ1) is 8.48. The molecule has 0 bridgehead atoms. The van der Waals surface area contributed by atoms with Crippen LogP contribution in [0, 0.1) is 0 Å². The monoisotopic (exact) mass is 261 g/mol. The Morgan fingerprint density at radius 3 is 3.00 bits per heavy atom. The molecule has 0 unspecified atom stereocenters. The van der Waals surface area contributed by atoms with Gasteiger partial charge in [0, 0.05) is 27.1 Å². The Labute approximate surface area is 87.5 Å². The van der Waals surface area contributed by atoms with Crippen LogP contribution in [0.1, 0.15) is 4.88 Å². The molecule has 0 aromatic carbocycles. The minimum absolute atomic E-state index is 0.575. The van der Waals surface area contributed by atoms with Gasteiger partial charge < -0.3 is 0 Å². The van der Waals surface area contributed by atoms with E-state index in [1.165, 1.54) is 15.0 Å². The molecule has 12 heavy (non-hydrogen) atoms. The van der Waals surface area contributed by atoms with Crippen LogP contribution in [0.2, 0.25) is 0 Å². The number of pyridine rings is 1. The number of nitrogens with zero attached hydrogens (tertiary/aromatic N) is 1. The van der Waals surface area contributed by atoms with Gasteiger partial charge in [-0.3, -0.25) is 4.98 Å².